The quantitative estimate of drug-likeness (QED) is 0.865. The van der Waals surface area contributed by atoms with E-state index >= 15 is 0 Å². The first-order valence-electron chi connectivity index (χ1n) is 4.85. The van der Waals surface area contributed by atoms with Crippen LogP contribution >= 0.6 is 23.8 Å². The summed E-state index contributed by atoms with van der Waals surface area (Å²) in [4.78, 5) is 4.27. The van der Waals surface area contributed by atoms with E-state index in [9.17, 15) is 0 Å². The van der Waals surface area contributed by atoms with Gasteiger partial charge < -0.3 is 10.5 Å². The average molecular weight is 265 g/mol. The van der Waals surface area contributed by atoms with Crippen molar-refractivity contribution in [1.82, 2.24) is 4.98 Å². The maximum absolute atomic E-state index is 5.87. The van der Waals surface area contributed by atoms with Crippen LogP contribution in [0, 0.1) is 0 Å². The van der Waals surface area contributed by atoms with E-state index in [-0.39, 0.29) is 4.99 Å². The summed E-state index contributed by atoms with van der Waals surface area (Å²) in [5, 5.41) is 0.600. The van der Waals surface area contributed by atoms with Crippen LogP contribution in [0.2, 0.25) is 5.02 Å². The lowest BCUT2D eigenvalue weighted by Crippen LogP contribution is -2.12. The van der Waals surface area contributed by atoms with Gasteiger partial charge in [-0.2, -0.15) is 0 Å². The molecule has 3 nitrogen and oxygen atoms in total. The standard InChI is InChI=1S/C12H9ClN2OS/c13-8-3-1-4-9(7-8)16-10-5-2-6-15-11(10)12(14)17/h1-7H,(H2,14,17). The van der Waals surface area contributed by atoms with Gasteiger partial charge in [0.15, 0.2) is 5.75 Å². The maximum Gasteiger partial charge on any atom is 0.156 e. The average Bonchev–Trinajstić information content (AvgIpc) is 2.29. The smallest absolute Gasteiger partial charge is 0.156 e. The highest BCUT2D eigenvalue weighted by molar-refractivity contribution is 7.80. The third kappa shape index (κ3) is 2.93. The lowest BCUT2D eigenvalue weighted by atomic mass is 10.3. The van der Waals surface area contributed by atoms with Crippen molar-refractivity contribution in [3.8, 4) is 11.5 Å². The normalized spacial score (nSPS) is 9.94. The van der Waals surface area contributed by atoms with Gasteiger partial charge in [0.25, 0.3) is 0 Å². The molecule has 0 spiro atoms. The zero-order valence-electron chi connectivity index (χ0n) is 8.76. The van der Waals surface area contributed by atoms with Crippen molar-refractivity contribution in [2.45, 2.75) is 0 Å². The highest BCUT2D eigenvalue weighted by Gasteiger charge is 2.08. The van der Waals surface area contributed by atoms with Crippen molar-refractivity contribution in [2.75, 3.05) is 0 Å². The van der Waals surface area contributed by atoms with Gasteiger partial charge in [0.1, 0.15) is 16.4 Å². The van der Waals surface area contributed by atoms with E-state index in [0.29, 0.717) is 22.2 Å². The number of benzene rings is 1. The molecule has 86 valence electrons. The topological polar surface area (TPSA) is 48.1 Å². The number of ether oxygens (including phenoxy) is 1. The summed E-state index contributed by atoms with van der Waals surface area (Å²) in [6.45, 7) is 0. The van der Waals surface area contributed by atoms with Crippen LogP contribution in [0.4, 0.5) is 0 Å². The largest absolute Gasteiger partial charge is 0.455 e. The Morgan fingerprint density at radius 1 is 1.29 bits per heavy atom. The van der Waals surface area contributed by atoms with Gasteiger partial charge >= 0.3 is 0 Å². The van der Waals surface area contributed by atoms with Gasteiger partial charge in [-0.3, -0.25) is 0 Å². The van der Waals surface area contributed by atoms with Gasteiger partial charge in [0.05, 0.1) is 0 Å². The molecule has 0 saturated carbocycles. The highest BCUT2D eigenvalue weighted by Crippen LogP contribution is 2.25. The molecule has 0 fully saturated rings. The van der Waals surface area contributed by atoms with E-state index < -0.39 is 0 Å². The fourth-order valence-corrected chi connectivity index (χ4v) is 1.65. The van der Waals surface area contributed by atoms with Crippen LogP contribution in [0.1, 0.15) is 5.69 Å². The van der Waals surface area contributed by atoms with Crippen LogP contribution in [-0.2, 0) is 0 Å². The summed E-state index contributed by atoms with van der Waals surface area (Å²) in [5.41, 5.74) is 6.02. The van der Waals surface area contributed by atoms with E-state index in [1.165, 1.54) is 0 Å². The molecule has 1 aromatic carbocycles. The number of hydrogen-bond acceptors (Lipinski definition) is 3. The molecule has 0 bridgehead atoms. The van der Waals surface area contributed by atoms with Crippen LogP contribution in [0.25, 0.3) is 0 Å². The predicted octanol–water partition coefficient (Wildman–Crippen LogP) is 3.16. The molecule has 1 heterocycles. The lowest BCUT2D eigenvalue weighted by molar-refractivity contribution is 0.479. The van der Waals surface area contributed by atoms with E-state index in [0.717, 1.165) is 0 Å². The van der Waals surface area contributed by atoms with Crippen molar-refractivity contribution < 1.29 is 4.74 Å². The molecule has 17 heavy (non-hydrogen) atoms. The molecule has 0 aliphatic rings. The molecule has 0 unspecified atom stereocenters. The van der Waals surface area contributed by atoms with Gasteiger partial charge in [0, 0.05) is 11.2 Å². The second-order valence-corrected chi connectivity index (χ2v) is 4.15. The monoisotopic (exact) mass is 264 g/mol. The molecule has 2 aromatic rings. The van der Waals surface area contributed by atoms with E-state index in [1.54, 1.807) is 42.6 Å². The zero-order chi connectivity index (χ0) is 12.3. The van der Waals surface area contributed by atoms with Crippen LogP contribution < -0.4 is 10.5 Å². The predicted molar refractivity (Wildman–Crippen MR) is 71.7 cm³/mol. The maximum atomic E-state index is 5.87. The first-order chi connectivity index (χ1) is 8.16. The van der Waals surface area contributed by atoms with Gasteiger partial charge in [-0.1, -0.05) is 29.9 Å². The van der Waals surface area contributed by atoms with Crippen molar-refractivity contribution >= 4 is 28.8 Å². The molecule has 0 amide bonds. The SMILES string of the molecule is NC(=S)c1ncccc1Oc1cccc(Cl)c1. The van der Waals surface area contributed by atoms with Gasteiger partial charge in [0.2, 0.25) is 0 Å². The van der Waals surface area contributed by atoms with Crippen LogP contribution in [0.5, 0.6) is 11.5 Å². The van der Waals surface area contributed by atoms with Crippen molar-refractivity contribution in [2.24, 2.45) is 5.73 Å². The second kappa shape index (κ2) is 5.12. The minimum atomic E-state index is 0.197. The fourth-order valence-electron chi connectivity index (χ4n) is 1.32. The summed E-state index contributed by atoms with van der Waals surface area (Å²) in [5.74, 6) is 1.13. The molecule has 0 aliphatic carbocycles. The van der Waals surface area contributed by atoms with Crippen molar-refractivity contribution in [3.05, 3.63) is 53.3 Å². The third-order valence-electron chi connectivity index (χ3n) is 2.03. The van der Waals surface area contributed by atoms with Gasteiger partial charge in [-0.25, -0.2) is 4.98 Å². The molecule has 1 aromatic heterocycles. The Morgan fingerprint density at radius 3 is 2.82 bits per heavy atom. The Balaban J connectivity index is 2.33. The number of aromatic nitrogens is 1. The molecule has 2 rings (SSSR count). The molecule has 2 N–H and O–H groups in total. The summed E-state index contributed by atoms with van der Waals surface area (Å²) < 4.78 is 5.64. The summed E-state index contributed by atoms with van der Waals surface area (Å²) >= 11 is 10.8. The molecular formula is C12H9ClN2OS. The number of rotatable bonds is 3. The molecule has 0 saturated heterocycles. The number of thiocarbonyl (C=S) groups is 1. The Hall–Kier alpha value is -1.65. The van der Waals surface area contributed by atoms with Gasteiger partial charge in [-0.05, 0) is 30.3 Å². The highest BCUT2D eigenvalue weighted by atomic mass is 35.5. The fraction of sp³-hybridized carbons (Fsp3) is 0. The lowest BCUT2D eigenvalue weighted by Gasteiger charge is -2.09. The first-order valence-corrected chi connectivity index (χ1v) is 5.63. The molecule has 0 radical (unpaired) electrons. The summed E-state index contributed by atoms with van der Waals surface area (Å²) in [7, 11) is 0. The zero-order valence-corrected chi connectivity index (χ0v) is 10.3. The number of hydrogen-bond donors (Lipinski definition) is 1. The summed E-state index contributed by atoms with van der Waals surface area (Å²) in [6.07, 6.45) is 1.61. The minimum Gasteiger partial charge on any atom is -0.455 e. The van der Waals surface area contributed by atoms with Crippen LogP contribution in [0.15, 0.2) is 42.6 Å². The Kier molecular flexibility index (Phi) is 3.56. The second-order valence-electron chi connectivity index (χ2n) is 3.27. The number of halogens is 1. The molecule has 0 atom stereocenters. The molecular weight excluding hydrogens is 256 g/mol. The molecule has 5 heteroatoms. The van der Waals surface area contributed by atoms with Crippen molar-refractivity contribution in [3.63, 3.8) is 0 Å². The summed E-state index contributed by atoms with van der Waals surface area (Å²) in [6, 6.07) is 10.6. The van der Waals surface area contributed by atoms with Crippen LogP contribution in [0.3, 0.4) is 0 Å². The van der Waals surface area contributed by atoms with Gasteiger partial charge in [-0.15, -0.1) is 0 Å². The Bertz CT molecular complexity index is 560. The number of nitrogens with zero attached hydrogens (tertiary/aromatic N) is 1. The third-order valence-corrected chi connectivity index (χ3v) is 2.46. The Labute approximate surface area is 109 Å². The van der Waals surface area contributed by atoms with E-state index in [2.05, 4.69) is 4.98 Å². The van der Waals surface area contributed by atoms with Crippen molar-refractivity contribution in [1.29, 1.82) is 0 Å². The molecule has 0 aliphatic heterocycles. The first kappa shape index (κ1) is 11.8. The number of nitrogens with two attached hydrogens (primary N) is 1. The Morgan fingerprint density at radius 2 is 2.12 bits per heavy atom. The number of pyridine rings is 1. The van der Waals surface area contributed by atoms with E-state index in [1.807, 2.05) is 0 Å². The minimum absolute atomic E-state index is 0.197. The van der Waals surface area contributed by atoms with Crippen LogP contribution in [-0.4, -0.2) is 9.97 Å². The van der Waals surface area contributed by atoms with E-state index in [4.69, 9.17) is 34.3 Å².